The van der Waals surface area contributed by atoms with Crippen molar-refractivity contribution in [3.05, 3.63) is 73.3 Å². The van der Waals surface area contributed by atoms with Crippen molar-refractivity contribution in [1.82, 2.24) is 16.0 Å². The Morgan fingerprint density at radius 1 is 0.918 bits per heavy atom. The molecule has 0 fully saturated rings. The van der Waals surface area contributed by atoms with Crippen LogP contribution in [0.25, 0.3) is 0 Å². The Kier molecular flexibility index (Phi) is 16.4. The van der Waals surface area contributed by atoms with Gasteiger partial charge < -0.3 is 25.5 Å². The zero-order chi connectivity index (χ0) is 36.7. The summed E-state index contributed by atoms with van der Waals surface area (Å²) in [6.45, 7) is 15.5. The van der Waals surface area contributed by atoms with Crippen molar-refractivity contribution in [2.24, 2.45) is 5.92 Å². The van der Waals surface area contributed by atoms with Crippen molar-refractivity contribution in [3.8, 4) is 0 Å². The van der Waals surface area contributed by atoms with E-state index in [1.807, 2.05) is 60.7 Å². The summed E-state index contributed by atoms with van der Waals surface area (Å²) in [5.41, 5.74) is -0.693. The van der Waals surface area contributed by atoms with Crippen LogP contribution >= 0.6 is 7.82 Å². The van der Waals surface area contributed by atoms with Crippen molar-refractivity contribution < 1.29 is 42.1 Å². The normalized spacial score (nSPS) is 14.5. The summed E-state index contributed by atoms with van der Waals surface area (Å²) in [7, 11) is -7.41. The molecular formula is C35H54N3O9PSi. The number of rotatable bonds is 20. The fourth-order valence-corrected chi connectivity index (χ4v) is 10.5. The molecule has 0 bridgehead atoms. The van der Waals surface area contributed by atoms with Gasteiger partial charge in [0, 0.05) is 20.0 Å². The van der Waals surface area contributed by atoms with Crippen molar-refractivity contribution in [1.29, 1.82) is 0 Å². The van der Waals surface area contributed by atoms with E-state index in [2.05, 4.69) is 43.3 Å². The molecule has 4 N–H and O–H groups in total. The highest BCUT2D eigenvalue weighted by Gasteiger charge is 2.50. The Hall–Kier alpha value is -3.32. The Balaban J connectivity index is 2.01. The summed E-state index contributed by atoms with van der Waals surface area (Å²) in [4.78, 5) is 49.4. The summed E-state index contributed by atoms with van der Waals surface area (Å²) in [6, 6.07) is 18.4. The molecule has 2 rings (SSSR count). The lowest BCUT2D eigenvalue weighted by molar-refractivity contribution is -0.129. The van der Waals surface area contributed by atoms with Gasteiger partial charge in [-0.25, -0.2) is 9.36 Å². The van der Waals surface area contributed by atoms with Gasteiger partial charge in [0.15, 0.2) is 0 Å². The van der Waals surface area contributed by atoms with Crippen LogP contribution in [-0.2, 0) is 32.5 Å². The maximum absolute atomic E-state index is 13.3. The number of ether oxygens (including phenoxy) is 1. The van der Waals surface area contributed by atoms with Crippen LogP contribution in [0.1, 0.15) is 61.3 Å². The quantitative estimate of drug-likeness (QED) is 0.0672. The number of carbonyl (C=O) groups is 3. The first-order chi connectivity index (χ1) is 22.9. The first kappa shape index (κ1) is 41.8. The van der Waals surface area contributed by atoms with Crippen LogP contribution in [0.15, 0.2) is 73.3 Å². The van der Waals surface area contributed by atoms with E-state index in [4.69, 9.17) is 18.3 Å². The second-order valence-electron chi connectivity index (χ2n) is 13.6. The highest BCUT2D eigenvalue weighted by Crippen LogP contribution is 2.49. The molecule has 0 saturated carbocycles. The molecule has 3 atom stereocenters. The zero-order valence-corrected chi connectivity index (χ0v) is 31.7. The standard InChI is InChI=1S/C35H54N3O9PSi/c1-9-23-44-48(42,45-24-22-37-33(41)47-34(4,5)6)46-26-31(38-28(3)39)32(40)36-21-20-27(2)25-35(7,8)49(43,29-16-12-10-13-17-29)30-18-14-11-15-19-30/h9-19,27,31,43H,1,20-26H2,2-8H3,(H,36,40)(H,37,41)(H,38,39)/t27?,31-,48?/m0/s1. The topological polar surface area (TPSA) is 162 Å². The summed E-state index contributed by atoms with van der Waals surface area (Å²) in [5.74, 6) is -0.912. The lowest BCUT2D eigenvalue weighted by atomic mass is 9.95. The van der Waals surface area contributed by atoms with Crippen molar-refractivity contribution in [2.75, 3.05) is 32.9 Å². The SMILES string of the molecule is C=CCOP(=O)(OCCNC(=O)OC(C)(C)C)OC[C@H](NC(C)=O)C(=O)NCCC(C)CC(C)(C)[Si](O)(c1ccccc1)c1ccccc1. The molecule has 12 nitrogen and oxygen atoms in total. The molecular weight excluding hydrogens is 665 g/mol. The first-order valence-corrected chi connectivity index (χ1v) is 19.8. The van der Waals surface area contributed by atoms with Gasteiger partial charge in [-0.05, 0) is 54.9 Å². The predicted molar refractivity (Wildman–Crippen MR) is 193 cm³/mol. The van der Waals surface area contributed by atoms with Gasteiger partial charge in [0.05, 0.1) is 19.8 Å². The van der Waals surface area contributed by atoms with Gasteiger partial charge in [-0.1, -0.05) is 87.5 Å². The van der Waals surface area contributed by atoms with Gasteiger partial charge in [0.25, 0.3) is 8.32 Å². The number of hydrogen-bond donors (Lipinski definition) is 4. The van der Waals surface area contributed by atoms with Crippen LogP contribution in [0.3, 0.4) is 0 Å². The third-order valence-electron chi connectivity index (χ3n) is 7.62. The molecule has 0 aliphatic carbocycles. The highest BCUT2D eigenvalue weighted by atomic mass is 31.2. The smallest absolute Gasteiger partial charge is 0.444 e. The molecule has 3 amide bonds. The van der Waals surface area contributed by atoms with Gasteiger partial charge >= 0.3 is 13.9 Å². The second-order valence-corrected chi connectivity index (χ2v) is 19.2. The van der Waals surface area contributed by atoms with E-state index in [0.29, 0.717) is 19.4 Å². The van der Waals surface area contributed by atoms with Crippen LogP contribution in [0.5, 0.6) is 0 Å². The van der Waals surface area contributed by atoms with Gasteiger partial charge in [-0.15, -0.1) is 6.58 Å². The van der Waals surface area contributed by atoms with Gasteiger partial charge in [0.2, 0.25) is 11.8 Å². The number of phosphoric acid groups is 1. The number of benzene rings is 2. The predicted octanol–water partition coefficient (Wildman–Crippen LogP) is 4.42. The molecule has 272 valence electrons. The molecule has 2 aromatic carbocycles. The van der Waals surface area contributed by atoms with Gasteiger partial charge in [-0.2, -0.15) is 0 Å². The van der Waals surface area contributed by atoms with Crippen molar-refractivity contribution in [2.45, 2.75) is 78.0 Å². The molecule has 0 saturated heterocycles. The molecule has 0 aromatic heterocycles. The zero-order valence-electron chi connectivity index (χ0n) is 29.8. The van der Waals surface area contributed by atoms with E-state index in [0.717, 1.165) is 10.4 Å². The summed E-state index contributed by atoms with van der Waals surface area (Å²) < 4.78 is 34.4. The molecule has 0 spiro atoms. The van der Waals surface area contributed by atoms with Crippen LogP contribution in [0.2, 0.25) is 5.04 Å². The van der Waals surface area contributed by atoms with Gasteiger partial charge in [0.1, 0.15) is 11.6 Å². The van der Waals surface area contributed by atoms with Crippen LogP contribution in [0.4, 0.5) is 4.79 Å². The summed E-state index contributed by atoms with van der Waals surface area (Å²) in [5, 5.41) is 9.24. The Bertz CT molecular complexity index is 1360. The third kappa shape index (κ3) is 13.8. The first-order valence-electron chi connectivity index (χ1n) is 16.4. The molecule has 2 aromatic rings. The lowest BCUT2D eigenvalue weighted by Crippen LogP contribution is -2.65. The second kappa shape index (κ2) is 19.2. The average Bonchev–Trinajstić information content (AvgIpc) is 3.03. The molecule has 49 heavy (non-hydrogen) atoms. The van der Waals surface area contributed by atoms with Crippen LogP contribution < -0.4 is 26.3 Å². The largest absolute Gasteiger partial charge is 0.475 e. The highest BCUT2D eigenvalue weighted by molar-refractivity contribution is 7.48. The van der Waals surface area contributed by atoms with Crippen molar-refractivity contribution >= 4 is 44.4 Å². The molecule has 0 aliphatic heterocycles. The fourth-order valence-electron chi connectivity index (χ4n) is 5.47. The number of phosphoric ester groups is 1. The van der Waals surface area contributed by atoms with Crippen LogP contribution in [-0.4, -0.2) is 75.6 Å². The Morgan fingerprint density at radius 2 is 1.49 bits per heavy atom. The Labute approximate surface area is 292 Å². The minimum absolute atomic E-state index is 0.0547. The molecule has 0 heterocycles. The molecule has 14 heteroatoms. The Morgan fingerprint density at radius 3 is 2.00 bits per heavy atom. The van der Waals surface area contributed by atoms with E-state index in [-0.39, 0.29) is 25.7 Å². The number of alkyl carbamates (subject to hydrolysis) is 1. The minimum Gasteiger partial charge on any atom is -0.444 e. The lowest BCUT2D eigenvalue weighted by Gasteiger charge is -2.42. The van der Waals surface area contributed by atoms with Crippen molar-refractivity contribution in [3.63, 3.8) is 0 Å². The average molecular weight is 720 g/mol. The third-order valence-corrected chi connectivity index (χ3v) is 13.6. The maximum atomic E-state index is 13.3. The number of carbonyl (C=O) groups excluding carboxylic acids is 3. The van der Waals surface area contributed by atoms with E-state index < -0.39 is 57.3 Å². The molecule has 0 aliphatic rings. The fraction of sp³-hybridized carbons (Fsp3) is 0.514. The van der Waals surface area contributed by atoms with Gasteiger partial charge in [-0.3, -0.25) is 23.2 Å². The number of amides is 3. The monoisotopic (exact) mass is 719 g/mol. The maximum Gasteiger partial charge on any atom is 0.475 e. The van der Waals surface area contributed by atoms with E-state index in [9.17, 15) is 23.7 Å². The number of hydrogen-bond acceptors (Lipinski definition) is 9. The van der Waals surface area contributed by atoms with E-state index >= 15 is 0 Å². The van der Waals surface area contributed by atoms with E-state index in [1.165, 1.54) is 13.0 Å². The summed E-state index contributed by atoms with van der Waals surface area (Å²) in [6.07, 6.45) is 1.97. The molecule has 0 radical (unpaired) electrons. The summed E-state index contributed by atoms with van der Waals surface area (Å²) >= 11 is 0. The van der Waals surface area contributed by atoms with Crippen LogP contribution in [0, 0.1) is 5.92 Å². The van der Waals surface area contributed by atoms with E-state index in [1.54, 1.807) is 20.8 Å². The molecule has 2 unspecified atom stereocenters. The number of nitrogens with one attached hydrogen (secondary N) is 3. The minimum atomic E-state index is -4.22.